The fraction of sp³-hybridized carbons (Fsp3) is 0.370. The van der Waals surface area contributed by atoms with E-state index >= 15 is 0 Å². The predicted octanol–water partition coefficient (Wildman–Crippen LogP) is 4.34. The van der Waals surface area contributed by atoms with Crippen molar-refractivity contribution in [2.24, 2.45) is 0 Å². The first kappa shape index (κ1) is 30.6. The number of hydrogen-bond acceptors (Lipinski definition) is 10. The first-order valence-corrected chi connectivity index (χ1v) is 18.0. The maximum Gasteiger partial charge on any atom is 0.338 e. The first-order valence-electron chi connectivity index (χ1n) is 13.3. The predicted molar refractivity (Wildman–Crippen MR) is 160 cm³/mol. The molecule has 1 fully saturated rings. The molecule has 2 aliphatic rings. The van der Waals surface area contributed by atoms with Gasteiger partial charge in [-0.15, -0.1) is 0 Å². The molecule has 11 nitrogen and oxygen atoms in total. The van der Waals surface area contributed by atoms with Gasteiger partial charge in [0.05, 0.1) is 45.8 Å². The van der Waals surface area contributed by atoms with Crippen molar-refractivity contribution in [2.45, 2.75) is 49.4 Å². The summed E-state index contributed by atoms with van der Waals surface area (Å²) in [6.45, 7) is 10.5. The number of nitriles is 1. The van der Waals surface area contributed by atoms with Crippen molar-refractivity contribution in [3.8, 4) is 6.07 Å². The van der Waals surface area contributed by atoms with Crippen molar-refractivity contribution >= 4 is 71.0 Å². The fourth-order valence-electron chi connectivity index (χ4n) is 5.56. The molecule has 3 aromatic rings. The van der Waals surface area contributed by atoms with Crippen LogP contribution in [0.4, 0.5) is 11.4 Å². The van der Waals surface area contributed by atoms with Crippen LogP contribution < -0.4 is 14.5 Å². The molecule has 2 unspecified atom stereocenters. The second-order valence-corrected chi connectivity index (χ2v) is 15.3. The summed E-state index contributed by atoms with van der Waals surface area (Å²) in [5.74, 6) is -0.463. The summed E-state index contributed by atoms with van der Waals surface area (Å²) < 4.78 is 68.7. The Morgan fingerprint density at radius 1 is 1.26 bits per heavy atom. The number of rotatable bonds is 10. The maximum absolute atomic E-state index is 13.5. The van der Waals surface area contributed by atoms with E-state index in [1.807, 2.05) is 22.8 Å². The van der Waals surface area contributed by atoms with Gasteiger partial charge in [0.15, 0.2) is 17.3 Å². The van der Waals surface area contributed by atoms with Crippen LogP contribution in [-0.4, -0.2) is 45.6 Å². The van der Waals surface area contributed by atoms with Crippen LogP contribution in [-0.2, 0) is 31.1 Å². The van der Waals surface area contributed by atoms with Gasteiger partial charge in [0.2, 0.25) is 10.9 Å². The molecule has 42 heavy (non-hydrogen) atoms. The van der Waals surface area contributed by atoms with Crippen LogP contribution in [0.2, 0.25) is 0 Å². The average molecular weight is 647 g/mol. The Morgan fingerprint density at radius 3 is 2.79 bits per heavy atom. The van der Waals surface area contributed by atoms with Crippen LogP contribution in [0.25, 0.3) is 21.1 Å². The molecule has 1 N–H and O–H groups in total. The second-order valence-electron chi connectivity index (χ2n) is 9.97. The van der Waals surface area contributed by atoms with Crippen molar-refractivity contribution in [2.75, 3.05) is 18.8 Å². The van der Waals surface area contributed by atoms with Crippen LogP contribution in [0, 0.1) is 17.9 Å². The van der Waals surface area contributed by atoms with Crippen molar-refractivity contribution in [3.63, 3.8) is 0 Å². The SMILES string of the molecule is [C-]#[N+]c1ccc2c(c1)[N+]1(CCCC1S(=O)(=O)ONCC)C(=Cc1sc3ccc(C#N)cc3[n+]1CCCCS(=O)(=O)[O-])S2. The van der Waals surface area contributed by atoms with E-state index in [0.717, 1.165) is 30.8 Å². The molecule has 2 aromatic carbocycles. The molecule has 15 heteroatoms. The molecule has 1 spiro atoms. The Morgan fingerprint density at radius 2 is 2.07 bits per heavy atom. The Bertz CT molecular complexity index is 1870. The van der Waals surface area contributed by atoms with Crippen LogP contribution in [0.3, 0.4) is 0 Å². The molecule has 0 radical (unpaired) electrons. The minimum Gasteiger partial charge on any atom is -0.748 e. The van der Waals surface area contributed by atoms with E-state index in [2.05, 4.69) is 16.4 Å². The summed E-state index contributed by atoms with van der Waals surface area (Å²) in [6, 6.07) is 12.8. The van der Waals surface area contributed by atoms with Crippen molar-refractivity contribution < 1.29 is 30.2 Å². The summed E-state index contributed by atoms with van der Waals surface area (Å²) >= 11 is 2.94. The molecule has 220 valence electrons. The Hall–Kier alpha value is -2.86. The molecule has 0 saturated carbocycles. The molecule has 2 atom stereocenters. The molecule has 0 bridgehead atoms. The van der Waals surface area contributed by atoms with Gasteiger partial charge in [0.1, 0.15) is 10.4 Å². The first-order chi connectivity index (χ1) is 20.0. The number of aromatic nitrogens is 1. The van der Waals surface area contributed by atoms with Gasteiger partial charge >= 0.3 is 10.1 Å². The number of hydroxylamine groups is 1. The van der Waals surface area contributed by atoms with Crippen LogP contribution >= 0.6 is 23.1 Å². The van der Waals surface area contributed by atoms with E-state index in [4.69, 9.17) is 10.9 Å². The van der Waals surface area contributed by atoms with Gasteiger partial charge in [-0.05, 0) is 30.3 Å². The molecule has 2 aliphatic heterocycles. The van der Waals surface area contributed by atoms with Crippen LogP contribution in [0.5, 0.6) is 0 Å². The van der Waals surface area contributed by atoms with E-state index in [0.29, 0.717) is 50.1 Å². The minimum atomic E-state index is -4.34. The second kappa shape index (κ2) is 12.0. The minimum absolute atomic E-state index is 0.00318. The van der Waals surface area contributed by atoms with Gasteiger partial charge in [0.25, 0.3) is 5.01 Å². The summed E-state index contributed by atoms with van der Waals surface area (Å²) in [4.78, 5) is 4.45. The lowest BCUT2D eigenvalue weighted by atomic mass is 10.2. The highest BCUT2D eigenvalue weighted by molar-refractivity contribution is 8.03. The summed E-state index contributed by atoms with van der Waals surface area (Å²) in [5.41, 5.74) is 4.91. The zero-order valence-electron chi connectivity index (χ0n) is 22.6. The van der Waals surface area contributed by atoms with E-state index in [-0.39, 0.29) is 10.9 Å². The molecule has 1 aromatic heterocycles. The quantitative estimate of drug-likeness (QED) is 0.0849. The highest BCUT2D eigenvalue weighted by atomic mass is 32.2. The molecular formula is C27H28N5O6S4+. The number of quaternary nitrogens is 1. The number of nitrogens with zero attached hydrogens (tertiary/aromatic N) is 4. The summed E-state index contributed by atoms with van der Waals surface area (Å²) in [7, 11) is -8.41. The maximum atomic E-state index is 13.5. The molecule has 0 amide bonds. The fourth-order valence-corrected chi connectivity index (χ4v) is 10.3. The van der Waals surface area contributed by atoms with E-state index in [9.17, 15) is 26.7 Å². The van der Waals surface area contributed by atoms with E-state index < -0.39 is 31.4 Å². The lowest BCUT2D eigenvalue weighted by Gasteiger charge is -2.35. The largest absolute Gasteiger partial charge is 0.748 e. The Kier molecular flexibility index (Phi) is 8.76. The molecule has 1 saturated heterocycles. The number of aryl methyl sites for hydroxylation is 1. The third kappa shape index (κ3) is 5.84. The zero-order valence-corrected chi connectivity index (χ0v) is 25.9. The van der Waals surface area contributed by atoms with E-state index in [1.54, 1.807) is 31.2 Å². The van der Waals surface area contributed by atoms with Gasteiger partial charge in [0, 0.05) is 43.7 Å². The standard InChI is InChI=1S/C27H28N5O6S4/c1-3-30-38-42(36,37)27-7-6-13-32(27)22-16-20(29-2)9-11-24(22)40-26(32)17-25-31(12-4-5-14-41(33,34)35)21-15-19(18-28)8-10-23(21)39-25/h8-11,15-17,27,30H,3-7,12-14H2,1H3/q+1. The smallest absolute Gasteiger partial charge is 0.338 e. The Labute approximate surface area is 253 Å². The van der Waals surface area contributed by atoms with Gasteiger partial charge in [-0.3, -0.25) is 0 Å². The van der Waals surface area contributed by atoms with Gasteiger partial charge in [-0.25, -0.2) is 17.7 Å². The monoisotopic (exact) mass is 646 g/mol. The molecule has 3 heterocycles. The topological polar surface area (TPSA) is 145 Å². The van der Waals surface area contributed by atoms with Crippen LogP contribution in [0.15, 0.2) is 46.3 Å². The lowest BCUT2D eigenvalue weighted by molar-refractivity contribution is -0.669. The number of thiazole rings is 1. The van der Waals surface area contributed by atoms with Crippen molar-refractivity contribution in [1.82, 2.24) is 9.96 Å². The average Bonchev–Trinajstić information content (AvgIpc) is 3.64. The molecular weight excluding hydrogens is 619 g/mol. The highest BCUT2D eigenvalue weighted by Crippen LogP contribution is 2.58. The third-order valence-corrected chi connectivity index (χ3v) is 12.1. The number of unbranched alkanes of at least 4 members (excludes halogenated alkanes) is 1. The number of benzene rings is 2. The third-order valence-electron chi connectivity index (χ3n) is 7.35. The van der Waals surface area contributed by atoms with Gasteiger partial charge in [-0.2, -0.15) is 28.0 Å². The summed E-state index contributed by atoms with van der Waals surface area (Å²) in [5, 5.41) is 10.1. The van der Waals surface area contributed by atoms with Gasteiger partial charge < -0.3 is 4.55 Å². The number of fused-ring (bicyclic) bond motifs is 3. The number of thioether (sulfide) groups is 1. The van der Waals surface area contributed by atoms with Crippen LogP contribution in [0.1, 0.15) is 43.2 Å². The summed E-state index contributed by atoms with van der Waals surface area (Å²) in [6.07, 6.45) is 3.56. The highest BCUT2D eigenvalue weighted by Gasteiger charge is 2.59. The zero-order chi connectivity index (χ0) is 30.1. The van der Waals surface area contributed by atoms with Gasteiger partial charge in [-0.1, -0.05) is 30.4 Å². The van der Waals surface area contributed by atoms with Crippen molar-refractivity contribution in [1.29, 1.82) is 5.26 Å². The van der Waals surface area contributed by atoms with Crippen molar-refractivity contribution in [3.05, 3.63) is 63.4 Å². The molecule has 5 rings (SSSR count). The number of hydrogen-bond donors (Lipinski definition) is 1. The lowest BCUT2D eigenvalue weighted by Crippen LogP contribution is -2.54. The normalized spacial score (nSPS) is 21.1. The molecule has 0 aliphatic carbocycles. The van der Waals surface area contributed by atoms with E-state index in [1.165, 1.54) is 23.1 Å². The number of nitrogens with one attached hydrogen (secondary N) is 1. The Balaban J connectivity index is 1.66.